The number of morpholine rings is 1. The van der Waals surface area contributed by atoms with E-state index in [4.69, 9.17) is 4.74 Å². The number of piperidine rings is 1. The summed E-state index contributed by atoms with van der Waals surface area (Å²) in [6.07, 6.45) is 4.95. The zero-order valence-corrected chi connectivity index (χ0v) is 14.1. The molecule has 0 aliphatic carbocycles. The van der Waals surface area contributed by atoms with Crippen molar-refractivity contribution < 1.29 is 9.53 Å². The molecule has 3 atom stereocenters. The van der Waals surface area contributed by atoms with Gasteiger partial charge in [-0.15, -0.1) is 0 Å². The van der Waals surface area contributed by atoms with Crippen molar-refractivity contribution in [3.63, 3.8) is 0 Å². The first-order valence-electron chi connectivity index (χ1n) is 9.02. The lowest BCUT2D eigenvalue weighted by molar-refractivity contribution is -0.138. The topological polar surface area (TPSA) is 44.8 Å². The van der Waals surface area contributed by atoms with Crippen LogP contribution in [0.4, 0.5) is 0 Å². The zero-order chi connectivity index (χ0) is 15.5. The van der Waals surface area contributed by atoms with Gasteiger partial charge in [-0.05, 0) is 52.6 Å². The molecule has 0 bridgehead atoms. The van der Waals surface area contributed by atoms with E-state index >= 15 is 0 Å². The minimum atomic E-state index is 0.254. The van der Waals surface area contributed by atoms with Crippen LogP contribution in [0.3, 0.4) is 0 Å². The Hall–Kier alpha value is -0.650. The van der Waals surface area contributed by atoms with Gasteiger partial charge in [-0.1, -0.05) is 0 Å². The first-order chi connectivity index (χ1) is 10.6. The van der Waals surface area contributed by atoms with Gasteiger partial charge in [-0.3, -0.25) is 9.69 Å². The van der Waals surface area contributed by atoms with Crippen LogP contribution >= 0.6 is 0 Å². The minimum absolute atomic E-state index is 0.254. The number of nitrogens with one attached hydrogen (secondary N) is 1. The summed E-state index contributed by atoms with van der Waals surface area (Å²) in [5, 5.41) is 3.35. The molecule has 0 radical (unpaired) electrons. The molecule has 1 N–H and O–H groups in total. The van der Waals surface area contributed by atoms with E-state index in [9.17, 15) is 4.79 Å². The molecule has 5 nitrogen and oxygen atoms in total. The van der Waals surface area contributed by atoms with E-state index in [1.807, 2.05) is 0 Å². The lowest BCUT2D eigenvalue weighted by Crippen LogP contribution is -2.52. The van der Waals surface area contributed by atoms with E-state index in [1.54, 1.807) is 0 Å². The summed E-state index contributed by atoms with van der Waals surface area (Å²) in [6, 6.07) is 0.417. The van der Waals surface area contributed by atoms with Crippen LogP contribution < -0.4 is 5.32 Å². The molecule has 22 heavy (non-hydrogen) atoms. The van der Waals surface area contributed by atoms with Crippen molar-refractivity contribution in [3.8, 4) is 0 Å². The summed E-state index contributed by atoms with van der Waals surface area (Å²) in [5.41, 5.74) is 0. The van der Waals surface area contributed by atoms with Gasteiger partial charge in [0.25, 0.3) is 0 Å². The predicted molar refractivity (Wildman–Crippen MR) is 86.8 cm³/mol. The normalized spacial score (nSPS) is 35.0. The highest BCUT2D eigenvalue weighted by atomic mass is 16.5. The second-order valence-electron chi connectivity index (χ2n) is 7.33. The van der Waals surface area contributed by atoms with E-state index in [-0.39, 0.29) is 5.92 Å². The highest BCUT2D eigenvalue weighted by Crippen LogP contribution is 2.25. The molecule has 1 amide bonds. The number of rotatable bonds is 3. The van der Waals surface area contributed by atoms with Crippen molar-refractivity contribution >= 4 is 5.91 Å². The Labute approximate surface area is 134 Å². The standard InChI is InChI=1S/C17H31N3O2/c1-13-10-19(11-14(2)22-13)12-16-4-3-9-20(16)17(21)15-5-7-18-8-6-15/h13-16,18H,3-12H2,1-2H3/t13-,14-,16-/m1/s1. The lowest BCUT2D eigenvalue weighted by atomic mass is 9.96. The number of hydrogen-bond acceptors (Lipinski definition) is 4. The van der Waals surface area contributed by atoms with Gasteiger partial charge in [0.2, 0.25) is 5.91 Å². The van der Waals surface area contributed by atoms with Crippen LogP contribution in [0.1, 0.15) is 39.5 Å². The molecule has 126 valence electrons. The van der Waals surface area contributed by atoms with Gasteiger partial charge in [0.1, 0.15) is 0 Å². The van der Waals surface area contributed by atoms with Gasteiger partial charge in [-0.25, -0.2) is 0 Å². The number of nitrogens with zero attached hydrogens (tertiary/aromatic N) is 2. The zero-order valence-electron chi connectivity index (χ0n) is 14.1. The van der Waals surface area contributed by atoms with Gasteiger partial charge >= 0.3 is 0 Å². The molecule has 0 aromatic rings. The molecule has 3 aliphatic heterocycles. The van der Waals surface area contributed by atoms with Crippen molar-refractivity contribution in [1.29, 1.82) is 0 Å². The highest BCUT2D eigenvalue weighted by Gasteiger charge is 2.35. The third kappa shape index (κ3) is 3.81. The fourth-order valence-corrected chi connectivity index (χ4v) is 4.35. The molecule has 3 fully saturated rings. The minimum Gasteiger partial charge on any atom is -0.373 e. The van der Waals surface area contributed by atoms with Crippen LogP contribution in [-0.2, 0) is 9.53 Å². The summed E-state index contributed by atoms with van der Waals surface area (Å²) in [7, 11) is 0. The summed E-state index contributed by atoms with van der Waals surface area (Å²) in [4.78, 5) is 17.5. The van der Waals surface area contributed by atoms with Crippen molar-refractivity contribution in [1.82, 2.24) is 15.1 Å². The first kappa shape index (κ1) is 16.2. The molecule has 0 aromatic carbocycles. The Bertz CT molecular complexity index is 374. The fraction of sp³-hybridized carbons (Fsp3) is 0.941. The molecule has 3 saturated heterocycles. The average Bonchev–Trinajstić information content (AvgIpc) is 2.94. The number of likely N-dealkylation sites (tertiary alicyclic amines) is 1. The second-order valence-corrected chi connectivity index (χ2v) is 7.33. The van der Waals surface area contributed by atoms with Gasteiger partial charge in [0.15, 0.2) is 0 Å². The van der Waals surface area contributed by atoms with Crippen molar-refractivity contribution in [2.24, 2.45) is 5.92 Å². The molecule has 3 aliphatic rings. The van der Waals surface area contributed by atoms with E-state index < -0.39 is 0 Å². The first-order valence-corrected chi connectivity index (χ1v) is 9.02. The number of amides is 1. The van der Waals surface area contributed by atoms with Crippen LogP contribution in [0.15, 0.2) is 0 Å². The number of ether oxygens (including phenoxy) is 1. The molecule has 3 rings (SSSR count). The molecule has 0 unspecified atom stereocenters. The Morgan fingerprint density at radius 3 is 2.50 bits per heavy atom. The predicted octanol–water partition coefficient (Wildman–Crippen LogP) is 1.09. The van der Waals surface area contributed by atoms with Crippen LogP contribution in [0.5, 0.6) is 0 Å². The van der Waals surface area contributed by atoms with Gasteiger partial charge < -0.3 is 15.0 Å². The fourth-order valence-electron chi connectivity index (χ4n) is 4.35. The quantitative estimate of drug-likeness (QED) is 0.847. The van der Waals surface area contributed by atoms with Gasteiger partial charge in [-0.2, -0.15) is 0 Å². The maximum absolute atomic E-state index is 12.8. The second kappa shape index (κ2) is 7.28. The number of hydrogen-bond donors (Lipinski definition) is 1. The highest BCUT2D eigenvalue weighted by molar-refractivity contribution is 5.79. The summed E-state index contributed by atoms with van der Waals surface area (Å²) < 4.78 is 5.82. The van der Waals surface area contributed by atoms with Crippen molar-refractivity contribution in [2.75, 3.05) is 39.3 Å². The van der Waals surface area contributed by atoms with Crippen LogP contribution in [0.2, 0.25) is 0 Å². The van der Waals surface area contributed by atoms with Gasteiger partial charge in [0, 0.05) is 38.1 Å². The smallest absolute Gasteiger partial charge is 0.226 e. The van der Waals surface area contributed by atoms with E-state index in [1.165, 1.54) is 0 Å². The van der Waals surface area contributed by atoms with Crippen molar-refractivity contribution in [3.05, 3.63) is 0 Å². The third-order valence-electron chi connectivity index (χ3n) is 5.31. The van der Waals surface area contributed by atoms with Gasteiger partial charge in [0.05, 0.1) is 12.2 Å². The Morgan fingerprint density at radius 1 is 1.14 bits per heavy atom. The Kier molecular flexibility index (Phi) is 5.37. The Morgan fingerprint density at radius 2 is 1.82 bits per heavy atom. The molecular weight excluding hydrogens is 278 g/mol. The summed E-state index contributed by atoms with van der Waals surface area (Å²) in [5.74, 6) is 0.669. The summed E-state index contributed by atoms with van der Waals surface area (Å²) in [6.45, 7) is 10.3. The molecule has 0 spiro atoms. The number of carbonyl (C=O) groups excluding carboxylic acids is 1. The van der Waals surface area contributed by atoms with E-state index in [2.05, 4.69) is 29.0 Å². The van der Waals surface area contributed by atoms with Crippen LogP contribution in [-0.4, -0.2) is 73.2 Å². The average molecular weight is 309 g/mol. The molecule has 0 saturated carbocycles. The maximum atomic E-state index is 12.8. The molecule has 3 heterocycles. The Balaban J connectivity index is 1.57. The van der Waals surface area contributed by atoms with Crippen LogP contribution in [0, 0.1) is 5.92 Å². The number of carbonyl (C=O) groups is 1. The van der Waals surface area contributed by atoms with E-state index in [0.29, 0.717) is 24.2 Å². The molecular formula is C17H31N3O2. The SMILES string of the molecule is C[C@@H]1CN(C[C@H]2CCCN2C(=O)C2CCNCC2)C[C@@H](C)O1. The van der Waals surface area contributed by atoms with E-state index in [0.717, 1.165) is 65.0 Å². The largest absolute Gasteiger partial charge is 0.373 e. The van der Waals surface area contributed by atoms with Crippen molar-refractivity contribution in [2.45, 2.75) is 57.8 Å². The molecule has 5 heteroatoms. The third-order valence-corrected chi connectivity index (χ3v) is 5.31. The van der Waals surface area contributed by atoms with Crippen LogP contribution in [0.25, 0.3) is 0 Å². The molecule has 0 aromatic heterocycles. The maximum Gasteiger partial charge on any atom is 0.226 e. The lowest BCUT2D eigenvalue weighted by Gasteiger charge is -2.39. The monoisotopic (exact) mass is 309 g/mol. The summed E-state index contributed by atoms with van der Waals surface area (Å²) >= 11 is 0.